The van der Waals surface area contributed by atoms with Crippen LogP contribution in [0, 0.1) is 11.3 Å². The first-order valence-electron chi connectivity index (χ1n) is 8.66. The Morgan fingerprint density at radius 2 is 1.71 bits per heavy atom. The summed E-state index contributed by atoms with van der Waals surface area (Å²) in [6.07, 6.45) is 0.0896. The summed E-state index contributed by atoms with van der Waals surface area (Å²) in [6.45, 7) is 0.0458. The van der Waals surface area contributed by atoms with Gasteiger partial charge in [0.2, 0.25) is 10.0 Å². The van der Waals surface area contributed by atoms with Crippen molar-refractivity contribution in [1.29, 1.82) is 5.26 Å². The van der Waals surface area contributed by atoms with Gasteiger partial charge in [-0.25, -0.2) is 13.1 Å². The number of rotatable bonds is 6. The molecule has 3 aromatic carbocycles. The van der Waals surface area contributed by atoms with Gasteiger partial charge in [-0.3, -0.25) is 4.79 Å². The molecule has 0 unspecified atom stereocenters. The number of carbonyl (C=O) groups is 1. The Morgan fingerprint density at radius 1 is 1.04 bits per heavy atom. The second-order valence-electron chi connectivity index (χ2n) is 6.23. The van der Waals surface area contributed by atoms with Crippen LogP contribution in [0.5, 0.6) is 0 Å². The molecule has 0 fully saturated rings. The van der Waals surface area contributed by atoms with Gasteiger partial charge in [0.25, 0.3) is 5.91 Å². The number of sulfonamides is 1. The van der Waals surface area contributed by atoms with E-state index in [0.717, 1.165) is 16.5 Å². The van der Waals surface area contributed by atoms with Crippen LogP contribution in [-0.2, 0) is 10.0 Å². The average molecular weight is 393 g/mol. The fourth-order valence-electron chi connectivity index (χ4n) is 2.80. The van der Waals surface area contributed by atoms with Crippen LogP contribution in [0.2, 0.25) is 0 Å². The largest absolute Gasteiger partial charge is 0.311 e. The van der Waals surface area contributed by atoms with Crippen molar-refractivity contribution in [3.05, 3.63) is 72.3 Å². The molecule has 1 amide bonds. The van der Waals surface area contributed by atoms with E-state index in [0.29, 0.717) is 5.56 Å². The van der Waals surface area contributed by atoms with E-state index >= 15 is 0 Å². The van der Waals surface area contributed by atoms with Gasteiger partial charge in [-0.2, -0.15) is 5.26 Å². The molecule has 0 atom stereocenters. The number of nitrogens with zero attached hydrogens (tertiary/aromatic N) is 2. The minimum atomic E-state index is -3.70. The first-order valence-corrected chi connectivity index (χ1v) is 10.1. The minimum Gasteiger partial charge on any atom is -0.311 e. The highest BCUT2D eigenvalue weighted by molar-refractivity contribution is 7.89. The summed E-state index contributed by atoms with van der Waals surface area (Å²) < 4.78 is 26.6. The van der Waals surface area contributed by atoms with E-state index < -0.39 is 10.0 Å². The first kappa shape index (κ1) is 19.5. The van der Waals surface area contributed by atoms with Gasteiger partial charge in [0.1, 0.15) is 0 Å². The van der Waals surface area contributed by atoms with E-state index in [4.69, 9.17) is 5.26 Å². The van der Waals surface area contributed by atoms with Crippen LogP contribution in [0.25, 0.3) is 10.8 Å². The molecule has 6 nitrogen and oxygen atoms in total. The molecule has 28 heavy (non-hydrogen) atoms. The molecule has 0 bridgehead atoms. The lowest BCUT2D eigenvalue weighted by atomic mass is 10.1. The lowest BCUT2D eigenvalue weighted by Gasteiger charge is -2.18. The highest BCUT2D eigenvalue weighted by atomic mass is 32.2. The zero-order valence-corrected chi connectivity index (χ0v) is 16.1. The van der Waals surface area contributed by atoms with E-state index in [-0.39, 0.29) is 23.8 Å². The van der Waals surface area contributed by atoms with Crippen LogP contribution >= 0.6 is 0 Å². The van der Waals surface area contributed by atoms with Gasteiger partial charge in [-0.1, -0.05) is 30.3 Å². The fraction of sp³-hybridized carbons (Fsp3) is 0.143. The van der Waals surface area contributed by atoms with Crippen LogP contribution in [0.1, 0.15) is 16.8 Å². The molecule has 0 spiro atoms. The van der Waals surface area contributed by atoms with Crippen LogP contribution in [0.3, 0.4) is 0 Å². The van der Waals surface area contributed by atoms with E-state index in [1.807, 2.05) is 48.5 Å². The predicted octanol–water partition coefficient (Wildman–Crippen LogP) is 3.31. The Kier molecular flexibility index (Phi) is 5.73. The van der Waals surface area contributed by atoms with Crippen molar-refractivity contribution in [2.75, 3.05) is 18.5 Å². The van der Waals surface area contributed by atoms with Gasteiger partial charge in [0.15, 0.2) is 0 Å². The Balaban J connectivity index is 1.79. The summed E-state index contributed by atoms with van der Waals surface area (Å²) in [5.74, 6) is -0.239. The summed E-state index contributed by atoms with van der Waals surface area (Å²) in [4.78, 5) is 14.4. The summed E-state index contributed by atoms with van der Waals surface area (Å²) >= 11 is 0. The number of benzene rings is 3. The standard InChI is InChI=1S/C21H19N3O3S/c1-24(19-10-7-16-5-2-3-6-18(16)15-19)21(25)17-8-11-20(12-9-17)28(26,27)23-14-4-13-22/h2-3,5-12,15,23H,4,14H2,1H3. The smallest absolute Gasteiger partial charge is 0.258 e. The molecule has 0 radical (unpaired) electrons. The molecular weight excluding hydrogens is 374 g/mol. The molecule has 0 heterocycles. The second-order valence-corrected chi connectivity index (χ2v) is 7.99. The van der Waals surface area contributed by atoms with Crippen LogP contribution in [0.15, 0.2) is 71.6 Å². The number of nitriles is 1. The number of anilines is 1. The Hall–Kier alpha value is -3.21. The number of nitrogens with one attached hydrogen (secondary N) is 1. The summed E-state index contributed by atoms with van der Waals surface area (Å²) in [5, 5.41) is 10.6. The van der Waals surface area contributed by atoms with Crippen LogP contribution in [0.4, 0.5) is 5.69 Å². The highest BCUT2D eigenvalue weighted by Crippen LogP contribution is 2.23. The predicted molar refractivity (Wildman–Crippen MR) is 109 cm³/mol. The summed E-state index contributed by atoms with van der Waals surface area (Å²) in [5.41, 5.74) is 1.13. The molecule has 0 saturated heterocycles. The van der Waals surface area contributed by atoms with Gasteiger partial charge in [-0.05, 0) is 47.2 Å². The monoisotopic (exact) mass is 393 g/mol. The Labute approximate surface area is 164 Å². The third kappa shape index (κ3) is 4.19. The maximum atomic E-state index is 12.8. The molecule has 3 rings (SSSR count). The third-order valence-corrected chi connectivity index (χ3v) is 5.84. The summed E-state index contributed by atoms with van der Waals surface area (Å²) in [6, 6.07) is 21.3. The van der Waals surface area contributed by atoms with E-state index in [2.05, 4.69) is 4.72 Å². The zero-order valence-electron chi connectivity index (χ0n) is 15.3. The molecule has 0 aliphatic carbocycles. The maximum Gasteiger partial charge on any atom is 0.258 e. The molecule has 1 N–H and O–H groups in total. The Bertz CT molecular complexity index is 1150. The number of amides is 1. The fourth-order valence-corrected chi connectivity index (χ4v) is 3.83. The van der Waals surface area contributed by atoms with Crippen molar-refractivity contribution in [3.8, 4) is 6.07 Å². The molecule has 7 heteroatoms. The summed E-state index contributed by atoms with van der Waals surface area (Å²) in [7, 11) is -2.02. The highest BCUT2D eigenvalue weighted by Gasteiger charge is 2.17. The van der Waals surface area contributed by atoms with Gasteiger partial charge in [0, 0.05) is 31.3 Å². The SMILES string of the molecule is CN(C(=O)c1ccc(S(=O)(=O)NCCC#N)cc1)c1ccc2ccccc2c1. The first-order chi connectivity index (χ1) is 13.4. The molecule has 0 aliphatic rings. The molecule has 142 valence electrons. The van der Waals surface area contributed by atoms with E-state index in [9.17, 15) is 13.2 Å². The van der Waals surface area contributed by atoms with Crippen molar-refractivity contribution in [2.24, 2.45) is 0 Å². The normalized spacial score (nSPS) is 11.1. The van der Waals surface area contributed by atoms with Gasteiger partial charge in [0.05, 0.1) is 11.0 Å². The van der Waals surface area contributed by atoms with Crippen molar-refractivity contribution >= 4 is 32.4 Å². The molecule has 3 aromatic rings. The Morgan fingerprint density at radius 3 is 2.39 bits per heavy atom. The number of hydrogen-bond acceptors (Lipinski definition) is 4. The quantitative estimate of drug-likeness (QED) is 0.651. The zero-order chi connectivity index (χ0) is 20.1. The van der Waals surface area contributed by atoms with E-state index in [1.54, 1.807) is 7.05 Å². The van der Waals surface area contributed by atoms with Crippen molar-refractivity contribution in [3.63, 3.8) is 0 Å². The molecule has 0 saturated carbocycles. The minimum absolute atomic E-state index is 0.0458. The number of carbonyl (C=O) groups excluding carboxylic acids is 1. The number of hydrogen-bond donors (Lipinski definition) is 1. The number of fused-ring (bicyclic) bond motifs is 1. The second kappa shape index (κ2) is 8.21. The van der Waals surface area contributed by atoms with Gasteiger partial charge >= 0.3 is 0 Å². The maximum absolute atomic E-state index is 12.8. The topological polar surface area (TPSA) is 90.3 Å². The molecular formula is C21H19N3O3S. The van der Waals surface area contributed by atoms with E-state index in [1.165, 1.54) is 29.2 Å². The van der Waals surface area contributed by atoms with Crippen molar-refractivity contribution in [1.82, 2.24) is 4.72 Å². The van der Waals surface area contributed by atoms with Crippen LogP contribution < -0.4 is 9.62 Å². The lowest BCUT2D eigenvalue weighted by molar-refractivity contribution is 0.0993. The molecule has 0 aliphatic heterocycles. The van der Waals surface area contributed by atoms with Gasteiger partial charge in [-0.15, -0.1) is 0 Å². The third-order valence-electron chi connectivity index (χ3n) is 4.37. The molecule has 0 aromatic heterocycles. The van der Waals surface area contributed by atoms with Crippen LogP contribution in [-0.4, -0.2) is 27.9 Å². The average Bonchev–Trinajstić information content (AvgIpc) is 2.72. The van der Waals surface area contributed by atoms with Crippen molar-refractivity contribution < 1.29 is 13.2 Å². The van der Waals surface area contributed by atoms with Gasteiger partial charge < -0.3 is 4.90 Å². The van der Waals surface area contributed by atoms with Crippen molar-refractivity contribution in [2.45, 2.75) is 11.3 Å². The lowest BCUT2D eigenvalue weighted by Crippen LogP contribution is -2.27.